The summed E-state index contributed by atoms with van der Waals surface area (Å²) in [6.45, 7) is 2.25. The van der Waals surface area contributed by atoms with Gasteiger partial charge >= 0.3 is 0 Å². The third kappa shape index (κ3) is 4.07. The van der Waals surface area contributed by atoms with Gasteiger partial charge in [0.2, 0.25) is 0 Å². The number of hydrogen-bond acceptors (Lipinski definition) is 3. The Hall–Kier alpha value is -0.420. The largest absolute Gasteiger partial charge is 0.387 e. The second-order valence-electron chi connectivity index (χ2n) is 4.37. The first-order chi connectivity index (χ1) is 8.25. The number of benzene rings is 1. The molecule has 4 heteroatoms. The maximum Gasteiger partial charge on any atom is 0.0914 e. The van der Waals surface area contributed by atoms with Crippen molar-refractivity contribution in [3.63, 3.8) is 0 Å². The molecule has 0 aliphatic carbocycles. The minimum Gasteiger partial charge on any atom is -0.387 e. The van der Waals surface area contributed by atoms with Crippen molar-refractivity contribution in [2.75, 3.05) is 19.8 Å². The Morgan fingerprint density at radius 2 is 2.18 bits per heavy atom. The number of rotatable bonds is 4. The molecule has 1 aliphatic heterocycles. The Morgan fingerprint density at radius 3 is 2.88 bits per heavy atom. The fourth-order valence-electron chi connectivity index (χ4n) is 2.01. The first-order valence-electron chi connectivity index (χ1n) is 6.00. The van der Waals surface area contributed by atoms with E-state index in [1.807, 2.05) is 24.3 Å². The molecule has 1 saturated heterocycles. The molecule has 1 aliphatic rings. The fourth-order valence-corrected chi connectivity index (χ4v) is 2.43. The fraction of sp³-hybridized carbons (Fsp3) is 0.538. The molecular weight excluding hydrogens is 282 g/mol. The van der Waals surface area contributed by atoms with Gasteiger partial charge in [-0.25, -0.2) is 0 Å². The Kier molecular flexibility index (Phi) is 4.98. The zero-order valence-corrected chi connectivity index (χ0v) is 11.3. The topological polar surface area (TPSA) is 41.5 Å². The molecule has 2 rings (SSSR count). The van der Waals surface area contributed by atoms with Gasteiger partial charge in [0, 0.05) is 30.3 Å². The average Bonchev–Trinajstić information content (AvgIpc) is 2.37. The maximum absolute atomic E-state index is 10.1. The number of halogens is 1. The van der Waals surface area contributed by atoms with Crippen LogP contribution >= 0.6 is 15.9 Å². The third-order valence-corrected chi connectivity index (χ3v) is 3.55. The first-order valence-corrected chi connectivity index (χ1v) is 6.79. The van der Waals surface area contributed by atoms with Crippen LogP contribution in [-0.4, -0.2) is 30.9 Å². The molecular formula is C13H18BrNO2. The van der Waals surface area contributed by atoms with Crippen molar-refractivity contribution in [2.24, 2.45) is 0 Å². The van der Waals surface area contributed by atoms with E-state index in [0.717, 1.165) is 36.1 Å². The smallest absolute Gasteiger partial charge is 0.0914 e. The van der Waals surface area contributed by atoms with Gasteiger partial charge in [0.1, 0.15) is 0 Å². The molecule has 1 aromatic carbocycles. The van der Waals surface area contributed by atoms with Crippen LogP contribution in [0.3, 0.4) is 0 Å². The van der Waals surface area contributed by atoms with Gasteiger partial charge < -0.3 is 15.2 Å². The summed E-state index contributed by atoms with van der Waals surface area (Å²) in [5, 5.41) is 13.5. The second kappa shape index (κ2) is 6.50. The Labute approximate surface area is 110 Å². The molecule has 0 amide bonds. The van der Waals surface area contributed by atoms with Gasteiger partial charge in [0.25, 0.3) is 0 Å². The summed E-state index contributed by atoms with van der Waals surface area (Å²) in [5.74, 6) is 0. The quantitative estimate of drug-likeness (QED) is 0.896. The lowest BCUT2D eigenvalue weighted by Gasteiger charge is -2.24. The SMILES string of the molecule is OC(CNC1CCOCC1)c1cccc(Br)c1. The number of ether oxygens (including phenoxy) is 1. The van der Waals surface area contributed by atoms with E-state index < -0.39 is 6.10 Å². The standard InChI is InChI=1S/C13H18BrNO2/c14-11-3-1-2-10(8-11)13(16)9-15-12-4-6-17-7-5-12/h1-3,8,12-13,15-16H,4-7,9H2. The van der Waals surface area contributed by atoms with E-state index in [2.05, 4.69) is 21.2 Å². The van der Waals surface area contributed by atoms with Crippen LogP contribution in [0.4, 0.5) is 0 Å². The summed E-state index contributed by atoms with van der Waals surface area (Å²) in [6.07, 6.45) is 1.62. The van der Waals surface area contributed by atoms with Crippen molar-refractivity contribution in [3.8, 4) is 0 Å². The van der Waals surface area contributed by atoms with Crippen molar-refractivity contribution in [3.05, 3.63) is 34.3 Å². The molecule has 0 spiro atoms. The molecule has 0 aromatic heterocycles. The van der Waals surface area contributed by atoms with Crippen LogP contribution in [0.2, 0.25) is 0 Å². The van der Waals surface area contributed by atoms with Crippen molar-refractivity contribution in [1.29, 1.82) is 0 Å². The maximum atomic E-state index is 10.1. The van der Waals surface area contributed by atoms with Crippen molar-refractivity contribution in [1.82, 2.24) is 5.32 Å². The summed E-state index contributed by atoms with van der Waals surface area (Å²) in [7, 11) is 0. The molecule has 1 fully saturated rings. The highest BCUT2D eigenvalue weighted by atomic mass is 79.9. The first kappa shape index (κ1) is 13.0. The van der Waals surface area contributed by atoms with Gasteiger partial charge in [-0.15, -0.1) is 0 Å². The third-order valence-electron chi connectivity index (χ3n) is 3.05. The van der Waals surface area contributed by atoms with Crippen LogP contribution in [0.25, 0.3) is 0 Å². The summed E-state index contributed by atoms with van der Waals surface area (Å²) in [6, 6.07) is 8.28. The van der Waals surface area contributed by atoms with Gasteiger partial charge in [-0.05, 0) is 30.5 Å². The minimum atomic E-state index is -0.449. The lowest BCUT2D eigenvalue weighted by Crippen LogP contribution is -2.37. The van der Waals surface area contributed by atoms with E-state index in [1.54, 1.807) is 0 Å². The van der Waals surface area contributed by atoms with Gasteiger partial charge in [0.05, 0.1) is 6.10 Å². The summed E-state index contributed by atoms with van der Waals surface area (Å²) in [4.78, 5) is 0. The van der Waals surface area contributed by atoms with Crippen LogP contribution < -0.4 is 5.32 Å². The van der Waals surface area contributed by atoms with E-state index in [1.165, 1.54) is 0 Å². The normalized spacial score (nSPS) is 19.2. The van der Waals surface area contributed by atoms with Gasteiger partial charge in [0.15, 0.2) is 0 Å². The Morgan fingerprint density at radius 1 is 1.41 bits per heavy atom. The molecule has 94 valence electrons. The number of hydrogen-bond donors (Lipinski definition) is 2. The van der Waals surface area contributed by atoms with Crippen LogP contribution in [0.15, 0.2) is 28.7 Å². The van der Waals surface area contributed by atoms with E-state index in [0.29, 0.717) is 12.6 Å². The molecule has 1 aromatic rings. The number of aliphatic hydroxyl groups excluding tert-OH is 1. The van der Waals surface area contributed by atoms with E-state index in [4.69, 9.17) is 4.74 Å². The highest BCUT2D eigenvalue weighted by Crippen LogP contribution is 2.18. The summed E-state index contributed by atoms with van der Waals surface area (Å²) in [5.41, 5.74) is 0.943. The molecule has 1 unspecified atom stereocenters. The van der Waals surface area contributed by atoms with Crippen LogP contribution in [0, 0.1) is 0 Å². The highest BCUT2D eigenvalue weighted by molar-refractivity contribution is 9.10. The van der Waals surface area contributed by atoms with Crippen molar-refractivity contribution >= 4 is 15.9 Å². The predicted molar refractivity (Wildman–Crippen MR) is 70.9 cm³/mol. The highest BCUT2D eigenvalue weighted by Gasteiger charge is 2.15. The van der Waals surface area contributed by atoms with Gasteiger partial charge in [-0.3, -0.25) is 0 Å². The molecule has 17 heavy (non-hydrogen) atoms. The van der Waals surface area contributed by atoms with E-state index in [9.17, 15) is 5.11 Å². The Bertz CT molecular complexity index is 353. The van der Waals surface area contributed by atoms with Crippen LogP contribution in [0.5, 0.6) is 0 Å². The molecule has 0 radical (unpaired) electrons. The van der Waals surface area contributed by atoms with Crippen molar-refractivity contribution in [2.45, 2.75) is 25.0 Å². The lowest BCUT2D eigenvalue weighted by molar-refractivity contribution is 0.0724. The zero-order valence-electron chi connectivity index (χ0n) is 9.73. The van der Waals surface area contributed by atoms with Crippen LogP contribution in [0.1, 0.15) is 24.5 Å². The molecule has 1 heterocycles. The van der Waals surface area contributed by atoms with Crippen LogP contribution in [-0.2, 0) is 4.74 Å². The monoisotopic (exact) mass is 299 g/mol. The molecule has 2 N–H and O–H groups in total. The zero-order chi connectivity index (χ0) is 12.1. The molecule has 3 nitrogen and oxygen atoms in total. The van der Waals surface area contributed by atoms with E-state index >= 15 is 0 Å². The molecule has 0 saturated carbocycles. The average molecular weight is 300 g/mol. The van der Waals surface area contributed by atoms with Crippen molar-refractivity contribution < 1.29 is 9.84 Å². The summed E-state index contributed by atoms with van der Waals surface area (Å²) < 4.78 is 6.30. The minimum absolute atomic E-state index is 0.449. The predicted octanol–water partition coefficient (Wildman–Crippen LogP) is 2.25. The van der Waals surface area contributed by atoms with E-state index in [-0.39, 0.29) is 0 Å². The molecule has 1 atom stereocenters. The van der Waals surface area contributed by atoms with Gasteiger partial charge in [-0.2, -0.15) is 0 Å². The van der Waals surface area contributed by atoms with Gasteiger partial charge in [-0.1, -0.05) is 28.1 Å². The lowest BCUT2D eigenvalue weighted by atomic mass is 10.1. The molecule has 0 bridgehead atoms. The Balaban J connectivity index is 1.82. The number of aliphatic hydroxyl groups is 1. The number of nitrogens with one attached hydrogen (secondary N) is 1. The second-order valence-corrected chi connectivity index (χ2v) is 5.28. The summed E-state index contributed by atoms with van der Waals surface area (Å²) >= 11 is 3.41.